The van der Waals surface area contributed by atoms with Crippen LogP contribution in [0.5, 0.6) is 0 Å². The predicted molar refractivity (Wildman–Crippen MR) is 309 cm³/mol. The van der Waals surface area contributed by atoms with Crippen LogP contribution in [0.25, 0.3) is 33.4 Å². The number of carbonyl (C=O) groups excluding carboxylic acids is 3. The second-order valence-corrected chi connectivity index (χ2v) is 24.2. The number of hydrogen-bond donors (Lipinski definition) is 5. The lowest BCUT2D eigenvalue weighted by atomic mass is 9.93. The molecule has 1 fully saturated rings. The molecule has 3 aromatic carbocycles. The molecule has 5 aromatic rings. The molecule has 5 N–H and O–H groups in total. The number of hydrogen-bond acceptors (Lipinski definition) is 13. The van der Waals surface area contributed by atoms with Crippen molar-refractivity contribution in [2.24, 2.45) is 14.1 Å². The van der Waals surface area contributed by atoms with Gasteiger partial charge in [-0.1, -0.05) is 36.4 Å². The van der Waals surface area contributed by atoms with E-state index in [9.17, 15) is 35.8 Å². The van der Waals surface area contributed by atoms with Gasteiger partial charge in [0.15, 0.2) is 4.80 Å². The van der Waals surface area contributed by atoms with E-state index in [4.69, 9.17) is 14.6 Å². The number of nitrogens with one attached hydrogen (secondary N) is 5. The third-order valence-electron chi connectivity index (χ3n) is 14.9. The fourth-order valence-corrected chi connectivity index (χ4v) is 13.0. The van der Waals surface area contributed by atoms with Gasteiger partial charge in [0.25, 0.3) is 0 Å². The average Bonchev–Trinajstić information content (AvgIpc) is 4.07. The Labute approximate surface area is 477 Å². The molecule has 0 saturated carbocycles. The molecule has 1 aliphatic carbocycles. The van der Waals surface area contributed by atoms with Gasteiger partial charge in [-0.15, -0.1) is 11.3 Å². The van der Waals surface area contributed by atoms with E-state index in [1.54, 1.807) is 17.0 Å². The number of anilines is 1. The Bertz CT molecular complexity index is 3710. The highest BCUT2D eigenvalue weighted by Gasteiger charge is 2.32. The second-order valence-electron chi connectivity index (χ2n) is 20.2. The number of aromatic nitrogens is 3. The maximum absolute atomic E-state index is 14.5. The number of thiazole rings is 1. The molecule has 2 aliphatic heterocycles. The quantitative estimate of drug-likeness (QED) is 0.0230. The summed E-state index contributed by atoms with van der Waals surface area (Å²) in [5.41, 5.74) is 4.67. The van der Waals surface area contributed by atoms with Gasteiger partial charge in [-0.05, 0) is 95.7 Å². The van der Waals surface area contributed by atoms with Crippen molar-refractivity contribution < 1.29 is 49.5 Å². The van der Waals surface area contributed by atoms with E-state index in [-0.39, 0.29) is 55.1 Å². The van der Waals surface area contributed by atoms with Gasteiger partial charge in [0.05, 0.1) is 29.3 Å². The molecule has 20 nitrogen and oxygen atoms in total. The van der Waals surface area contributed by atoms with Crippen molar-refractivity contribution in [2.75, 3.05) is 50.8 Å². The number of unbranched alkanes of at least 4 members (excludes halogenated alkanes) is 1. The maximum Gasteiger partial charge on any atom is 0.244 e. The number of ether oxygens (including phenoxy) is 1. The smallest absolute Gasteiger partial charge is 0.244 e. The molecule has 3 amide bonds. The van der Waals surface area contributed by atoms with Gasteiger partial charge in [0.2, 0.25) is 39.4 Å². The number of carbonyl (C=O) groups is 3. The van der Waals surface area contributed by atoms with Crippen LogP contribution in [0.4, 0.5) is 5.69 Å². The van der Waals surface area contributed by atoms with Gasteiger partial charge in [-0.2, -0.15) is 0 Å². The number of fused-ring (bicyclic) bond motifs is 2. The molecule has 0 unspecified atom stereocenters. The monoisotopic (exact) mass is 1170 g/mol. The van der Waals surface area contributed by atoms with Gasteiger partial charge in [0, 0.05) is 103 Å². The van der Waals surface area contributed by atoms with E-state index < -0.39 is 59.7 Å². The number of aryl methyl sites for hydroxylation is 1. The van der Waals surface area contributed by atoms with E-state index >= 15 is 0 Å². The summed E-state index contributed by atoms with van der Waals surface area (Å²) < 4.78 is 90.1. The van der Waals surface area contributed by atoms with Gasteiger partial charge in [-0.25, -0.2) is 35.3 Å². The number of rotatable bonds is 25. The van der Waals surface area contributed by atoms with Crippen LogP contribution in [-0.4, -0.2) is 112 Å². The van der Waals surface area contributed by atoms with Crippen LogP contribution in [0.3, 0.4) is 0 Å². The Hall–Kier alpha value is -7.02. The van der Waals surface area contributed by atoms with E-state index in [0.29, 0.717) is 66.2 Å². The summed E-state index contributed by atoms with van der Waals surface area (Å²) in [4.78, 5) is 43.5. The molecule has 2 aromatic heterocycles. The molecule has 0 bridgehead atoms. The summed E-state index contributed by atoms with van der Waals surface area (Å²) in [6.45, 7) is 12.4. The zero-order valence-electron chi connectivity index (χ0n) is 46.7. The molecule has 432 valence electrons. The number of amides is 3. The van der Waals surface area contributed by atoms with Crippen LogP contribution < -0.4 is 44.9 Å². The van der Waals surface area contributed by atoms with Crippen molar-refractivity contribution in [1.82, 2.24) is 34.4 Å². The summed E-state index contributed by atoms with van der Waals surface area (Å²) in [6, 6.07) is 22.2. The second kappa shape index (κ2) is 26.7. The van der Waals surface area contributed by atoms with Gasteiger partial charge in [-0.3, -0.25) is 19.8 Å². The summed E-state index contributed by atoms with van der Waals surface area (Å²) in [5.74, 6) is -1.06. The molecule has 1 saturated heterocycles. The minimum atomic E-state index is -5.30. The first-order valence-corrected chi connectivity index (χ1v) is 31.2. The van der Waals surface area contributed by atoms with E-state index in [1.165, 1.54) is 12.1 Å². The molecule has 0 radical (unpaired) electrons. The highest BCUT2D eigenvalue weighted by molar-refractivity contribution is 7.89. The maximum atomic E-state index is 14.5. The fraction of sp³-hybridized carbons (Fsp3) is 0.414. The summed E-state index contributed by atoms with van der Waals surface area (Å²) >= 11 is 1.16. The minimum Gasteiger partial charge on any atom is -0.744 e. The Morgan fingerprint density at radius 1 is 0.864 bits per heavy atom. The number of nitrogens with zero attached hydrogens (tertiary/aromatic N) is 5. The highest BCUT2D eigenvalue weighted by atomic mass is 32.2. The standard InChI is InChI=1S/C58H72N10O10S3/c1-7-67(8-2)41-19-22-46-51(31-41)78-52-32-42(68(9-3)10-4)20-23-47(52)55(46)48-24-21-45(34-53(48)81(74,75)76)80(72,73)60-27-15-14-18-49(62-54(69)33-44-37-79-58(59)65(44)6)56(70)63-50(57(71)61-40-25-28-77-29-26-40)30-43-36-66(38-64(43)5)35-39-16-12-11-13-17-39/h11-13,16-17,19-24,31-32,34,36-38,40,49-50,59-60H,7-10,14-15,18,25-30,33,35H2,1-6H3,(H2-2,61,62,63,69,70,71,74,75,76)/p+1/t49-,50-/m0/s1. The summed E-state index contributed by atoms with van der Waals surface area (Å²) in [6.07, 6.45) is 5.47. The largest absolute Gasteiger partial charge is 0.744 e. The first-order chi connectivity index (χ1) is 38.8. The van der Waals surface area contributed by atoms with Gasteiger partial charge >= 0.3 is 0 Å². The molecule has 2 atom stereocenters. The Morgan fingerprint density at radius 2 is 1.59 bits per heavy atom. The van der Waals surface area contributed by atoms with E-state index in [0.717, 1.165) is 65.9 Å². The van der Waals surface area contributed by atoms with E-state index in [1.807, 2.05) is 123 Å². The number of sulfonamides is 1. The molecular formula is C58H73N10O10S3+. The van der Waals surface area contributed by atoms with Gasteiger partial charge in [0.1, 0.15) is 65.1 Å². The van der Waals surface area contributed by atoms with Crippen LogP contribution >= 0.6 is 11.3 Å². The average molecular weight is 1170 g/mol. The first kappa shape index (κ1) is 60.1. The van der Waals surface area contributed by atoms with Crippen LogP contribution in [0.2, 0.25) is 0 Å². The lowest BCUT2D eigenvalue weighted by Gasteiger charge is -2.27. The van der Waals surface area contributed by atoms with Gasteiger partial charge < -0.3 is 39.1 Å². The fourth-order valence-electron chi connectivity index (χ4n) is 10.4. The lowest BCUT2D eigenvalue weighted by Crippen LogP contribution is -2.56. The lowest BCUT2D eigenvalue weighted by molar-refractivity contribution is -0.688. The van der Waals surface area contributed by atoms with Crippen LogP contribution in [-0.2, 0) is 72.7 Å². The zero-order chi connectivity index (χ0) is 58.0. The topological polar surface area (TPSA) is 257 Å². The minimum absolute atomic E-state index is 0.0128. The Morgan fingerprint density at radius 3 is 2.27 bits per heavy atom. The van der Waals surface area contributed by atoms with Crippen molar-refractivity contribution in [3.63, 3.8) is 0 Å². The molecule has 0 spiro atoms. The van der Waals surface area contributed by atoms with Crippen molar-refractivity contribution in [1.29, 1.82) is 5.41 Å². The third kappa shape index (κ3) is 14.7. The summed E-state index contributed by atoms with van der Waals surface area (Å²) in [7, 11) is -6.19. The van der Waals surface area contributed by atoms with Crippen molar-refractivity contribution >= 4 is 65.9 Å². The molecule has 23 heteroatoms. The van der Waals surface area contributed by atoms with Crippen molar-refractivity contribution in [3.05, 3.63) is 130 Å². The van der Waals surface area contributed by atoms with Crippen LogP contribution in [0.1, 0.15) is 76.8 Å². The molecule has 4 heterocycles. The highest BCUT2D eigenvalue weighted by Crippen LogP contribution is 2.43. The molecule has 81 heavy (non-hydrogen) atoms. The predicted octanol–water partition coefficient (Wildman–Crippen LogP) is 4.52. The van der Waals surface area contributed by atoms with E-state index in [2.05, 4.69) is 30.1 Å². The van der Waals surface area contributed by atoms with Crippen molar-refractivity contribution in [2.45, 2.75) is 107 Å². The van der Waals surface area contributed by atoms with Crippen LogP contribution in [0, 0.1) is 5.41 Å². The molecular weight excluding hydrogens is 1090 g/mol. The first-order valence-electron chi connectivity index (χ1n) is 27.5. The molecule has 8 rings (SSSR count). The Kier molecular flexibility index (Phi) is 19.8. The number of imidazole rings is 1. The normalized spacial score (nSPS) is 14.0. The Balaban J connectivity index is 1.03. The van der Waals surface area contributed by atoms with Crippen LogP contribution in [0.15, 0.2) is 117 Å². The molecule has 3 aliphatic rings. The number of benzene rings is 4. The summed E-state index contributed by atoms with van der Waals surface area (Å²) in [5, 5.41) is 20.1. The zero-order valence-corrected chi connectivity index (χ0v) is 49.1. The van der Waals surface area contributed by atoms with Crippen molar-refractivity contribution in [3.8, 4) is 22.5 Å². The third-order valence-corrected chi connectivity index (χ3v) is 18.1. The SMILES string of the molecule is CCN(CC)c1ccc2c(-c3ccc(S(=O)(=O)NCCCC[C@H](NC(=O)Cc4csc(=N)n4C)C(=O)N[C@@H](Cc4c[n+](Cc5ccccc5)cn4C)C(=O)NC4CCOCC4)cc3S(=O)(=O)[O-])c3ccc(=[N+](CC)CC)cc-3oc2c1.